The molecule has 0 atom stereocenters. The molecule has 1 aliphatic rings. The Labute approximate surface area is 167 Å². The fourth-order valence-corrected chi connectivity index (χ4v) is 3.15. The maximum Gasteiger partial charge on any atom is 0.289 e. The van der Waals surface area contributed by atoms with Crippen LogP contribution in [0.3, 0.4) is 0 Å². The smallest absolute Gasteiger partial charge is 0.289 e. The van der Waals surface area contributed by atoms with Gasteiger partial charge in [-0.15, -0.1) is 5.10 Å². The van der Waals surface area contributed by atoms with E-state index in [2.05, 4.69) is 20.5 Å². The van der Waals surface area contributed by atoms with Crippen LogP contribution in [0.5, 0.6) is 0 Å². The van der Waals surface area contributed by atoms with E-state index in [0.717, 1.165) is 11.3 Å². The summed E-state index contributed by atoms with van der Waals surface area (Å²) in [7, 11) is 0. The van der Waals surface area contributed by atoms with Gasteiger partial charge in [0, 0.05) is 36.9 Å². The van der Waals surface area contributed by atoms with Crippen molar-refractivity contribution in [3.05, 3.63) is 59.1 Å². The van der Waals surface area contributed by atoms with Crippen molar-refractivity contribution in [3.8, 4) is 0 Å². The first kappa shape index (κ1) is 18.2. The van der Waals surface area contributed by atoms with Crippen LogP contribution >= 0.6 is 11.6 Å². The number of nitrogens with zero attached hydrogens (tertiary/aromatic N) is 5. The molecule has 1 N–H and O–H groups in total. The van der Waals surface area contributed by atoms with E-state index in [0.29, 0.717) is 48.7 Å². The maximum atomic E-state index is 12.4. The van der Waals surface area contributed by atoms with Gasteiger partial charge in [-0.1, -0.05) is 17.7 Å². The molecule has 0 bridgehead atoms. The number of rotatable bonds is 4. The van der Waals surface area contributed by atoms with Crippen molar-refractivity contribution in [2.45, 2.75) is 6.92 Å². The zero-order valence-electron chi connectivity index (χ0n) is 15.3. The molecule has 8 nitrogen and oxygen atoms in total. The highest BCUT2D eigenvalue weighted by Gasteiger charge is 2.25. The number of carbonyl (C=O) groups is 1. The summed E-state index contributed by atoms with van der Waals surface area (Å²) in [6.45, 7) is 4.32. The lowest BCUT2D eigenvalue weighted by Crippen LogP contribution is -2.49. The van der Waals surface area contributed by atoms with Crippen LogP contribution in [0, 0.1) is 6.92 Å². The highest BCUT2D eigenvalue weighted by Crippen LogP contribution is 2.23. The lowest BCUT2D eigenvalue weighted by Gasteiger charge is -2.34. The van der Waals surface area contributed by atoms with E-state index in [1.54, 1.807) is 23.2 Å². The average Bonchev–Trinajstić information content (AvgIpc) is 3.25. The Hall–Kier alpha value is -3.13. The number of anilines is 3. The predicted octanol–water partition coefficient (Wildman–Crippen LogP) is 3.13. The minimum atomic E-state index is -0.102. The van der Waals surface area contributed by atoms with Gasteiger partial charge in [0.2, 0.25) is 5.95 Å². The number of carbonyl (C=O) groups excluding carboxylic acids is 1. The number of amides is 1. The highest BCUT2D eigenvalue weighted by atomic mass is 35.5. The SMILES string of the molecule is Cc1ccc(Nc2cnnc(N3CCN(C(=O)c4ccco4)CC3)n2)cc1Cl. The molecule has 1 saturated heterocycles. The molecule has 0 unspecified atom stereocenters. The van der Waals surface area contributed by atoms with Gasteiger partial charge in [-0.25, -0.2) is 0 Å². The summed E-state index contributed by atoms with van der Waals surface area (Å²) < 4.78 is 5.19. The van der Waals surface area contributed by atoms with Gasteiger partial charge < -0.3 is 19.5 Å². The third-order valence-electron chi connectivity index (χ3n) is 4.57. The summed E-state index contributed by atoms with van der Waals surface area (Å²) >= 11 is 6.17. The van der Waals surface area contributed by atoms with Crippen molar-refractivity contribution < 1.29 is 9.21 Å². The van der Waals surface area contributed by atoms with E-state index in [1.807, 2.05) is 30.0 Å². The van der Waals surface area contributed by atoms with E-state index in [4.69, 9.17) is 16.0 Å². The van der Waals surface area contributed by atoms with Gasteiger partial charge in [-0.2, -0.15) is 10.1 Å². The molecule has 1 fully saturated rings. The molecule has 3 heterocycles. The Kier molecular flexibility index (Phi) is 5.12. The zero-order chi connectivity index (χ0) is 19.5. The van der Waals surface area contributed by atoms with E-state index in [1.165, 1.54) is 6.26 Å². The molecule has 1 aliphatic heterocycles. The molecule has 1 aromatic carbocycles. The second-order valence-electron chi connectivity index (χ2n) is 6.49. The summed E-state index contributed by atoms with van der Waals surface area (Å²) in [6, 6.07) is 9.10. The van der Waals surface area contributed by atoms with Gasteiger partial charge >= 0.3 is 0 Å². The minimum absolute atomic E-state index is 0.102. The number of aromatic nitrogens is 3. The number of furan rings is 1. The quantitative estimate of drug-likeness (QED) is 0.722. The molecular weight excluding hydrogens is 380 g/mol. The van der Waals surface area contributed by atoms with Gasteiger partial charge in [0.1, 0.15) is 0 Å². The number of hydrogen-bond donors (Lipinski definition) is 1. The fourth-order valence-electron chi connectivity index (χ4n) is 2.97. The van der Waals surface area contributed by atoms with Crippen molar-refractivity contribution in [1.29, 1.82) is 0 Å². The van der Waals surface area contributed by atoms with Crippen molar-refractivity contribution in [3.63, 3.8) is 0 Å². The Morgan fingerprint density at radius 3 is 2.75 bits per heavy atom. The molecular formula is C19H19ClN6O2. The molecule has 144 valence electrons. The molecule has 1 amide bonds. The third-order valence-corrected chi connectivity index (χ3v) is 4.98. The van der Waals surface area contributed by atoms with Crippen LogP contribution in [-0.2, 0) is 0 Å². The largest absolute Gasteiger partial charge is 0.459 e. The fraction of sp³-hybridized carbons (Fsp3) is 0.263. The molecule has 9 heteroatoms. The number of nitrogens with one attached hydrogen (secondary N) is 1. The summed E-state index contributed by atoms with van der Waals surface area (Å²) in [6.07, 6.45) is 3.07. The van der Waals surface area contributed by atoms with Crippen LogP contribution in [0.25, 0.3) is 0 Å². The van der Waals surface area contributed by atoms with Crippen LogP contribution in [0.2, 0.25) is 5.02 Å². The Morgan fingerprint density at radius 1 is 1.21 bits per heavy atom. The van der Waals surface area contributed by atoms with Crippen molar-refractivity contribution in [2.24, 2.45) is 0 Å². The molecule has 0 saturated carbocycles. The summed E-state index contributed by atoms with van der Waals surface area (Å²) in [5, 5.41) is 12.1. The van der Waals surface area contributed by atoms with Gasteiger partial charge in [0.15, 0.2) is 11.6 Å². The lowest BCUT2D eigenvalue weighted by molar-refractivity contribution is 0.0714. The first-order valence-corrected chi connectivity index (χ1v) is 9.28. The molecule has 0 spiro atoms. The number of piperazine rings is 1. The van der Waals surface area contributed by atoms with Crippen LogP contribution in [0.4, 0.5) is 17.5 Å². The van der Waals surface area contributed by atoms with Gasteiger partial charge in [0.25, 0.3) is 5.91 Å². The number of halogens is 1. The molecule has 4 rings (SSSR count). The van der Waals surface area contributed by atoms with Crippen LogP contribution in [0.1, 0.15) is 16.1 Å². The molecule has 3 aromatic rings. The Bertz CT molecular complexity index is 970. The average molecular weight is 399 g/mol. The predicted molar refractivity (Wildman–Crippen MR) is 106 cm³/mol. The molecule has 28 heavy (non-hydrogen) atoms. The molecule has 0 radical (unpaired) electrons. The first-order valence-electron chi connectivity index (χ1n) is 8.91. The van der Waals surface area contributed by atoms with Crippen molar-refractivity contribution >= 4 is 35.0 Å². The topological polar surface area (TPSA) is 87.4 Å². The number of aryl methyl sites for hydroxylation is 1. The lowest BCUT2D eigenvalue weighted by atomic mass is 10.2. The first-order chi connectivity index (χ1) is 13.6. The maximum absolute atomic E-state index is 12.4. The van der Waals surface area contributed by atoms with Crippen LogP contribution in [-0.4, -0.2) is 52.2 Å². The highest BCUT2D eigenvalue weighted by molar-refractivity contribution is 6.31. The van der Waals surface area contributed by atoms with Gasteiger partial charge in [-0.3, -0.25) is 4.79 Å². The summed E-state index contributed by atoms with van der Waals surface area (Å²) in [4.78, 5) is 20.7. The van der Waals surface area contributed by atoms with Crippen LogP contribution in [0.15, 0.2) is 47.2 Å². The van der Waals surface area contributed by atoms with E-state index in [-0.39, 0.29) is 5.91 Å². The van der Waals surface area contributed by atoms with E-state index >= 15 is 0 Å². The standard InChI is InChI=1S/C19H19ClN6O2/c1-13-4-5-14(11-15(13)20)22-17-12-21-24-19(23-17)26-8-6-25(7-9-26)18(27)16-3-2-10-28-16/h2-5,10-12H,6-9H2,1H3,(H,22,23,24). The summed E-state index contributed by atoms with van der Waals surface area (Å²) in [5.41, 5.74) is 1.84. The van der Waals surface area contributed by atoms with Gasteiger partial charge in [0.05, 0.1) is 12.5 Å². The number of benzene rings is 1. The van der Waals surface area contributed by atoms with Crippen LogP contribution < -0.4 is 10.2 Å². The van der Waals surface area contributed by atoms with E-state index in [9.17, 15) is 4.79 Å². The van der Waals surface area contributed by atoms with Crippen molar-refractivity contribution in [1.82, 2.24) is 20.1 Å². The minimum Gasteiger partial charge on any atom is -0.459 e. The summed E-state index contributed by atoms with van der Waals surface area (Å²) in [5.74, 6) is 1.36. The second-order valence-corrected chi connectivity index (χ2v) is 6.89. The number of hydrogen-bond acceptors (Lipinski definition) is 7. The normalized spacial score (nSPS) is 14.2. The third kappa shape index (κ3) is 3.91. The van der Waals surface area contributed by atoms with Crippen molar-refractivity contribution in [2.75, 3.05) is 36.4 Å². The molecule has 0 aliphatic carbocycles. The Morgan fingerprint density at radius 2 is 2.04 bits per heavy atom. The van der Waals surface area contributed by atoms with Gasteiger partial charge in [-0.05, 0) is 36.8 Å². The van der Waals surface area contributed by atoms with E-state index < -0.39 is 0 Å². The Balaban J connectivity index is 1.41. The second kappa shape index (κ2) is 7.85. The zero-order valence-corrected chi connectivity index (χ0v) is 16.1. The monoisotopic (exact) mass is 398 g/mol. The molecule has 2 aromatic heterocycles.